The second kappa shape index (κ2) is 15.0. The molecule has 0 radical (unpaired) electrons. The first-order valence-corrected chi connectivity index (χ1v) is 20.5. The minimum atomic E-state index is -3.25. The molecule has 6 rings (SSSR count). The van der Waals surface area contributed by atoms with Crippen molar-refractivity contribution in [3.63, 3.8) is 0 Å². The van der Waals surface area contributed by atoms with Gasteiger partial charge >= 0.3 is 0 Å². The fraction of sp³-hybridized carbons (Fsp3) is 0.972. The van der Waals surface area contributed by atoms with Crippen molar-refractivity contribution in [2.75, 3.05) is 54.1 Å². The number of aliphatic hydroxyl groups excluding tert-OH is 1. The van der Waals surface area contributed by atoms with Gasteiger partial charge in [-0.05, 0) is 107 Å². The molecule has 4 N–H and O–H groups in total. The van der Waals surface area contributed by atoms with Gasteiger partial charge in [0.15, 0.2) is 0 Å². The molecule has 5 aliphatic carbocycles. The van der Waals surface area contributed by atoms with Crippen LogP contribution in [0.3, 0.4) is 0 Å². The van der Waals surface area contributed by atoms with Gasteiger partial charge in [-0.15, -0.1) is 0 Å². The molecule has 7 unspecified atom stereocenters. The van der Waals surface area contributed by atoms with Gasteiger partial charge in [0.2, 0.25) is 15.9 Å². The zero-order chi connectivity index (χ0) is 35.3. The number of sulfonamides is 1. The van der Waals surface area contributed by atoms with E-state index in [1.54, 1.807) is 14.0 Å². The molecular formula is C36H67N5O6S. The number of carbonyl (C=O) groups excluding carboxylic acids is 1. The van der Waals surface area contributed by atoms with E-state index in [-0.39, 0.29) is 36.4 Å². The van der Waals surface area contributed by atoms with Crippen molar-refractivity contribution in [3.05, 3.63) is 0 Å². The molecule has 0 aromatic carbocycles. The molecule has 48 heavy (non-hydrogen) atoms. The van der Waals surface area contributed by atoms with Gasteiger partial charge in [-0.25, -0.2) is 12.7 Å². The number of fused-ring (bicyclic) bond motifs is 2. The number of methoxy groups -OCH3 is 1. The minimum Gasteiger partial charge on any atom is -0.393 e. The van der Waals surface area contributed by atoms with E-state index in [1.165, 1.54) is 17.0 Å². The molecule has 1 aliphatic heterocycles. The molecule has 1 amide bonds. The summed E-state index contributed by atoms with van der Waals surface area (Å²) in [6.07, 6.45) is 8.45. The van der Waals surface area contributed by atoms with Gasteiger partial charge in [0, 0.05) is 57.7 Å². The van der Waals surface area contributed by atoms with Crippen molar-refractivity contribution in [1.82, 2.24) is 19.6 Å². The fourth-order valence-corrected chi connectivity index (χ4v) is 11.5. The van der Waals surface area contributed by atoms with Gasteiger partial charge in [0.1, 0.15) is 6.04 Å². The molecule has 0 aromatic heterocycles. The monoisotopic (exact) mass is 697 g/mol. The van der Waals surface area contributed by atoms with Gasteiger partial charge < -0.3 is 25.8 Å². The summed E-state index contributed by atoms with van der Waals surface area (Å²) in [4.78, 5) is 23.0. The summed E-state index contributed by atoms with van der Waals surface area (Å²) in [6.45, 7) is 10.1. The Kier molecular flexibility index (Phi) is 12.0. The Hall–Kier alpha value is -0.860. The number of hydrogen-bond acceptors (Lipinski definition) is 9. The van der Waals surface area contributed by atoms with Gasteiger partial charge in [0.05, 0.1) is 24.6 Å². The zero-order valence-corrected chi connectivity index (χ0v) is 32.0. The van der Waals surface area contributed by atoms with Crippen LogP contribution in [-0.2, 0) is 24.4 Å². The number of hydrogen-bond donors (Lipinski definition) is 3. The second-order valence-corrected chi connectivity index (χ2v) is 19.5. The maximum atomic E-state index is 14.3. The van der Waals surface area contributed by atoms with E-state index in [4.69, 9.17) is 15.3 Å². The van der Waals surface area contributed by atoms with Crippen molar-refractivity contribution in [3.8, 4) is 0 Å². The molecule has 6 fully saturated rings. The van der Waals surface area contributed by atoms with Crippen LogP contribution < -0.4 is 11.1 Å². The molecule has 14 atom stereocenters. The van der Waals surface area contributed by atoms with Gasteiger partial charge in [0.25, 0.3) is 0 Å². The van der Waals surface area contributed by atoms with Crippen LogP contribution >= 0.6 is 0 Å². The van der Waals surface area contributed by atoms with Crippen molar-refractivity contribution < 1.29 is 27.9 Å². The van der Waals surface area contributed by atoms with E-state index in [2.05, 4.69) is 45.1 Å². The maximum Gasteiger partial charge on any atom is 0.240 e. The van der Waals surface area contributed by atoms with E-state index in [0.29, 0.717) is 54.1 Å². The Morgan fingerprint density at radius 3 is 2.42 bits per heavy atom. The number of nitrogens with one attached hydrogen (secondary N) is 1. The summed E-state index contributed by atoms with van der Waals surface area (Å²) < 4.78 is 32.5. The highest BCUT2D eigenvalue weighted by Crippen LogP contribution is 2.61. The zero-order valence-electron chi connectivity index (χ0n) is 31.2. The SMILES string of the molecule is COC1C(CN2O[C@@H](CN)[C@H]([C@H](C)O)[C@H]2C(=O)N[C@H]2CC3C[C@@H]([C@@H]2C)C3(C)C)CCCC1C1CC(CN(C)S(C)(=O)=O)CC(N(C)C)C1. The summed E-state index contributed by atoms with van der Waals surface area (Å²) in [6, 6.07) is -0.122. The molecule has 278 valence electrons. The molecule has 5 saturated carbocycles. The number of amides is 1. The predicted octanol–water partition coefficient (Wildman–Crippen LogP) is 2.78. The Balaban J connectivity index is 1.32. The van der Waals surface area contributed by atoms with Crippen LogP contribution in [-0.4, -0.2) is 124 Å². The Morgan fingerprint density at radius 1 is 1.15 bits per heavy atom. The number of nitrogens with two attached hydrogens (primary N) is 1. The summed E-state index contributed by atoms with van der Waals surface area (Å²) in [5, 5.41) is 16.3. The first-order chi connectivity index (χ1) is 22.5. The summed E-state index contributed by atoms with van der Waals surface area (Å²) in [5.41, 5.74) is 6.53. The number of rotatable bonds is 12. The van der Waals surface area contributed by atoms with Crippen LogP contribution in [0.2, 0.25) is 0 Å². The quantitative estimate of drug-likeness (QED) is 0.281. The standard InChI is InChI=1S/C36H67N5O6S/c1-21-29-16-26(36(29,3)4)17-30(21)38-35(43)33-32(22(2)42)31(18-37)47-41(33)20-24-11-10-12-28(34(24)46-8)25-13-23(14-27(15-25)39(5)6)19-40(7)48(9,44)45/h21-34,42H,10-20,37H2,1-9H3,(H,38,43)/t21-,22-,23?,24?,25?,26?,27?,28?,29-,30-,31-,32-,33-,34?/m0/s1. The van der Waals surface area contributed by atoms with Crippen LogP contribution in [0.1, 0.15) is 79.1 Å². The molecule has 11 nitrogen and oxygen atoms in total. The maximum absolute atomic E-state index is 14.3. The molecule has 0 aromatic rings. The topological polar surface area (TPSA) is 138 Å². The summed E-state index contributed by atoms with van der Waals surface area (Å²) in [7, 11) is 4.50. The van der Waals surface area contributed by atoms with Crippen molar-refractivity contribution in [2.24, 2.45) is 58.5 Å². The number of ether oxygens (including phenoxy) is 1. The van der Waals surface area contributed by atoms with Crippen LogP contribution in [0, 0.1) is 52.8 Å². The molecule has 6 aliphatic rings. The first kappa shape index (κ1) is 38.4. The summed E-state index contributed by atoms with van der Waals surface area (Å²) in [5.74, 6) is 2.31. The average Bonchev–Trinajstić information content (AvgIpc) is 3.39. The first-order valence-electron chi connectivity index (χ1n) is 18.7. The van der Waals surface area contributed by atoms with Crippen molar-refractivity contribution in [1.29, 1.82) is 0 Å². The lowest BCUT2D eigenvalue weighted by atomic mass is 9.45. The number of nitrogens with zero attached hydrogens (tertiary/aromatic N) is 3. The van der Waals surface area contributed by atoms with Gasteiger partial charge in [-0.1, -0.05) is 27.2 Å². The van der Waals surface area contributed by atoms with Gasteiger partial charge in [-0.3, -0.25) is 9.63 Å². The predicted molar refractivity (Wildman–Crippen MR) is 188 cm³/mol. The molecule has 2 bridgehead atoms. The molecule has 1 heterocycles. The average molecular weight is 698 g/mol. The van der Waals surface area contributed by atoms with Gasteiger partial charge in [-0.2, -0.15) is 5.06 Å². The summed E-state index contributed by atoms with van der Waals surface area (Å²) >= 11 is 0. The third-order valence-electron chi connectivity index (χ3n) is 14.0. The highest BCUT2D eigenvalue weighted by molar-refractivity contribution is 7.88. The van der Waals surface area contributed by atoms with Crippen molar-refractivity contribution in [2.45, 2.75) is 115 Å². The Labute approximate surface area is 291 Å². The Morgan fingerprint density at radius 2 is 1.85 bits per heavy atom. The number of carbonyl (C=O) groups is 1. The van der Waals surface area contributed by atoms with Crippen LogP contribution in [0.4, 0.5) is 0 Å². The lowest BCUT2D eigenvalue weighted by molar-refractivity contribution is -0.186. The third-order valence-corrected chi connectivity index (χ3v) is 15.3. The second-order valence-electron chi connectivity index (χ2n) is 17.4. The van der Waals surface area contributed by atoms with E-state index in [1.807, 2.05) is 12.2 Å². The van der Waals surface area contributed by atoms with Crippen LogP contribution in [0.5, 0.6) is 0 Å². The lowest BCUT2D eigenvalue weighted by Gasteiger charge is -2.62. The highest BCUT2D eigenvalue weighted by Gasteiger charge is 2.57. The van der Waals surface area contributed by atoms with Crippen LogP contribution in [0.25, 0.3) is 0 Å². The number of hydroxylamine groups is 2. The Bertz CT molecular complexity index is 1220. The largest absolute Gasteiger partial charge is 0.393 e. The fourth-order valence-electron chi connectivity index (χ4n) is 11.0. The normalized spacial score (nSPS) is 42.5. The van der Waals surface area contributed by atoms with E-state index in [9.17, 15) is 18.3 Å². The van der Waals surface area contributed by atoms with Crippen LogP contribution in [0.15, 0.2) is 0 Å². The lowest BCUT2D eigenvalue weighted by Crippen LogP contribution is -2.62. The minimum absolute atomic E-state index is 0.0140. The van der Waals surface area contributed by atoms with Crippen molar-refractivity contribution >= 4 is 15.9 Å². The molecule has 1 saturated heterocycles. The third kappa shape index (κ3) is 7.66. The molecular weight excluding hydrogens is 630 g/mol. The number of aliphatic hydroxyl groups is 1. The molecule has 12 heteroatoms. The molecule has 0 spiro atoms. The smallest absolute Gasteiger partial charge is 0.240 e. The van der Waals surface area contributed by atoms with E-state index < -0.39 is 34.2 Å². The van der Waals surface area contributed by atoms with E-state index in [0.717, 1.165) is 44.9 Å². The van der Waals surface area contributed by atoms with E-state index >= 15 is 0 Å². The highest BCUT2D eigenvalue weighted by atomic mass is 32.2.